The number of primary sulfonamides is 1. The van der Waals surface area contributed by atoms with Gasteiger partial charge in [0.05, 0.1) is 4.90 Å². The third kappa shape index (κ3) is 4.28. The van der Waals surface area contributed by atoms with Gasteiger partial charge in [0.25, 0.3) is 0 Å². The average molecular weight is 297 g/mol. The lowest BCUT2D eigenvalue weighted by molar-refractivity contribution is 0.371. The Balaban J connectivity index is 1.90. The van der Waals surface area contributed by atoms with Crippen LogP contribution in [-0.4, -0.2) is 27.5 Å². The molecule has 2 atom stereocenters. The number of hydrogen-bond donors (Lipinski definition) is 3. The van der Waals surface area contributed by atoms with Crippen molar-refractivity contribution in [1.82, 2.24) is 10.6 Å². The van der Waals surface area contributed by atoms with Gasteiger partial charge < -0.3 is 10.6 Å². The van der Waals surface area contributed by atoms with Crippen LogP contribution >= 0.6 is 0 Å². The highest BCUT2D eigenvalue weighted by Gasteiger charge is 2.14. The summed E-state index contributed by atoms with van der Waals surface area (Å²) in [6.07, 6.45) is 3.77. The molecule has 1 saturated heterocycles. The largest absolute Gasteiger partial charge is 0.313 e. The van der Waals surface area contributed by atoms with Crippen LogP contribution in [0, 0.1) is 0 Å². The number of hydrogen-bond acceptors (Lipinski definition) is 4. The molecule has 1 aromatic rings. The van der Waals surface area contributed by atoms with Crippen molar-refractivity contribution in [2.75, 3.05) is 13.1 Å². The van der Waals surface area contributed by atoms with E-state index in [1.807, 2.05) is 12.1 Å². The zero-order chi connectivity index (χ0) is 14.6. The van der Waals surface area contributed by atoms with Crippen LogP contribution in [0.1, 0.15) is 37.8 Å². The van der Waals surface area contributed by atoms with Crippen molar-refractivity contribution in [3.63, 3.8) is 0 Å². The van der Waals surface area contributed by atoms with Gasteiger partial charge in [-0.1, -0.05) is 18.6 Å². The van der Waals surface area contributed by atoms with E-state index < -0.39 is 10.0 Å². The molecule has 0 spiro atoms. The van der Waals surface area contributed by atoms with Gasteiger partial charge in [-0.15, -0.1) is 0 Å². The van der Waals surface area contributed by atoms with Gasteiger partial charge in [-0.2, -0.15) is 0 Å². The molecule has 4 N–H and O–H groups in total. The Kier molecular flexibility index (Phi) is 5.15. The normalized spacial score (nSPS) is 21.6. The second kappa shape index (κ2) is 6.67. The van der Waals surface area contributed by atoms with Crippen LogP contribution in [0.25, 0.3) is 0 Å². The first-order valence-electron chi connectivity index (χ1n) is 7.06. The summed E-state index contributed by atoms with van der Waals surface area (Å²) in [5.41, 5.74) is 1.06. The first-order chi connectivity index (χ1) is 9.47. The van der Waals surface area contributed by atoms with Gasteiger partial charge in [-0.25, -0.2) is 13.6 Å². The molecule has 1 aliphatic heterocycles. The summed E-state index contributed by atoms with van der Waals surface area (Å²) in [6.45, 7) is 4.11. The molecule has 1 fully saturated rings. The van der Waals surface area contributed by atoms with Crippen LogP contribution in [-0.2, 0) is 10.0 Å². The third-order valence-electron chi connectivity index (χ3n) is 3.79. The number of sulfonamides is 1. The molecule has 1 aromatic carbocycles. The Hall–Kier alpha value is -0.950. The molecule has 6 heteroatoms. The summed E-state index contributed by atoms with van der Waals surface area (Å²) >= 11 is 0. The molecule has 1 aliphatic rings. The minimum absolute atomic E-state index is 0.155. The number of benzene rings is 1. The van der Waals surface area contributed by atoms with Crippen molar-refractivity contribution in [3.05, 3.63) is 29.8 Å². The summed E-state index contributed by atoms with van der Waals surface area (Å²) in [4.78, 5) is 0.155. The lowest BCUT2D eigenvalue weighted by Gasteiger charge is -2.25. The molecule has 0 amide bonds. The van der Waals surface area contributed by atoms with E-state index in [4.69, 9.17) is 5.14 Å². The van der Waals surface area contributed by atoms with Crippen molar-refractivity contribution in [3.8, 4) is 0 Å². The van der Waals surface area contributed by atoms with Crippen LogP contribution in [0.2, 0.25) is 0 Å². The highest BCUT2D eigenvalue weighted by atomic mass is 32.2. The van der Waals surface area contributed by atoms with E-state index >= 15 is 0 Å². The molecule has 2 unspecified atom stereocenters. The molecule has 20 heavy (non-hydrogen) atoms. The van der Waals surface area contributed by atoms with Gasteiger partial charge in [-0.05, 0) is 44.0 Å². The van der Waals surface area contributed by atoms with Crippen molar-refractivity contribution in [2.24, 2.45) is 5.14 Å². The quantitative estimate of drug-likeness (QED) is 0.760. The van der Waals surface area contributed by atoms with E-state index in [0.29, 0.717) is 6.04 Å². The van der Waals surface area contributed by atoms with Crippen LogP contribution in [0.3, 0.4) is 0 Å². The fourth-order valence-corrected chi connectivity index (χ4v) is 3.00. The van der Waals surface area contributed by atoms with Crippen LogP contribution < -0.4 is 15.8 Å². The van der Waals surface area contributed by atoms with Gasteiger partial charge in [0.1, 0.15) is 0 Å². The summed E-state index contributed by atoms with van der Waals surface area (Å²) < 4.78 is 22.4. The van der Waals surface area contributed by atoms with Crippen LogP contribution in [0.4, 0.5) is 0 Å². The molecule has 0 saturated carbocycles. The fraction of sp³-hybridized carbons (Fsp3) is 0.571. The Morgan fingerprint density at radius 3 is 2.60 bits per heavy atom. The number of nitrogens with two attached hydrogens (primary N) is 1. The maximum Gasteiger partial charge on any atom is 0.238 e. The van der Waals surface area contributed by atoms with Crippen molar-refractivity contribution >= 4 is 10.0 Å². The predicted molar refractivity (Wildman–Crippen MR) is 79.9 cm³/mol. The molecule has 112 valence electrons. The van der Waals surface area contributed by atoms with E-state index in [1.54, 1.807) is 12.1 Å². The lowest BCUT2D eigenvalue weighted by Crippen LogP contribution is -2.42. The van der Waals surface area contributed by atoms with E-state index in [-0.39, 0.29) is 10.9 Å². The van der Waals surface area contributed by atoms with E-state index in [2.05, 4.69) is 17.6 Å². The van der Waals surface area contributed by atoms with Gasteiger partial charge in [0, 0.05) is 18.6 Å². The maximum atomic E-state index is 11.2. The summed E-state index contributed by atoms with van der Waals surface area (Å²) in [5.74, 6) is 0. The molecule has 0 aromatic heterocycles. The first-order valence-corrected chi connectivity index (χ1v) is 8.61. The van der Waals surface area contributed by atoms with Gasteiger partial charge >= 0.3 is 0 Å². The van der Waals surface area contributed by atoms with Gasteiger partial charge in [0.15, 0.2) is 0 Å². The molecular weight excluding hydrogens is 274 g/mol. The van der Waals surface area contributed by atoms with E-state index in [1.165, 1.54) is 19.3 Å². The SMILES string of the molecule is CC(NCC1CCCCN1)c1ccc(S(N)(=O)=O)cc1. The van der Waals surface area contributed by atoms with E-state index in [0.717, 1.165) is 18.7 Å². The summed E-state index contributed by atoms with van der Waals surface area (Å²) in [6, 6.07) is 7.46. The maximum absolute atomic E-state index is 11.2. The van der Waals surface area contributed by atoms with Crippen LogP contribution in [0.15, 0.2) is 29.2 Å². The smallest absolute Gasteiger partial charge is 0.238 e. The minimum atomic E-state index is -3.61. The Morgan fingerprint density at radius 1 is 1.35 bits per heavy atom. The summed E-state index contributed by atoms with van der Waals surface area (Å²) in [5, 5.41) is 12.1. The Bertz CT molecular complexity index is 522. The number of rotatable bonds is 5. The van der Waals surface area contributed by atoms with Crippen molar-refractivity contribution in [2.45, 2.75) is 43.2 Å². The van der Waals surface area contributed by atoms with E-state index in [9.17, 15) is 8.42 Å². The Labute approximate surface area is 121 Å². The second-order valence-corrected chi connectivity index (χ2v) is 6.95. The zero-order valence-electron chi connectivity index (χ0n) is 11.8. The molecular formula is C14H23N3O2S. The minimum Gasteiger partial charge on any atom is -0.313 e. The molecule has 1 heterocycles. The van der Waals surface area contributed by atoms with Crippen molar-refractivity contribution < 1.29 is 8.42 Å². The van der Waals surface area contributed by atoms with Gasteiger partial charge in [0.2, 0.25) is 10.0 Å². The second-order valence-electron chi connectivity index (χ2n) is 5.39. The number of nitrogens with one attached hydrogen (secondary N) is 2. The predicted octanol–water partition coefficient (Wildman–Crippen LogP) is 1.13. The first kappa shape index (κ1) is 15.4. The standard InChI is InChI=1S/C14H23N3O2S/c1-11(17-10-13-4-2-3-9-16-13)12-5-7-14(8-6-12)20(15,18)19/h5-8,11,13,16-17H,2-4,9-10H2,1H3,(H2,15,18,19). The molecule has 0 aliphatic carbocycles. The molecule has 0 radical (unpaired) electrons. The highest BCUT2D eigenvalue weighted by molar-refractivity contribution is 7.89. The van der Waals surface area contributed by atoms with Gasteiger partial charge in [-0.3, -0.25) is 0 Å². The monoisotopic (exact) mass is 297 g/mol. The van der Waals surface area contributed by atoms with Crippen LogP contribution in [0.5, 0.6) is 0 Å². The Morgan fingerprint density at radius 2 is 2.05 bits per heavy atom. The lowest BCUT2D eigenvalue weighted by atomic mass is 10.0. The average Bonchev–Trinajstić information content (AvgIpc) is 2.45. The third-order valence-corrected chi connectivity index (χ3v) is 4.72. The number of piperidine rings is 1. The topological polar surface area (TPSA) is 84.2 Å². The summed E-state index contributed by atoms with van der Waals surface area (Å²) in [7, 11) is -3.61. The molecule has 5 nitrogen and oxygen atoms in total. The fourth-order valence-electron chi connectivity index (χ4n) is 2.48. The molecule has 2 rings (SSSR count). The highest BCUT2D eigenvalue weighted by Crippen LogP contribution is 2.16. The zero-order valence-corrected chi connectivity index (χ0v) is 12.6. The molecule has 0 bridgehead atoms. The van der Waals surface area contributed by atoms with Crippen molar-refractivity contribution in [1.29, 1.82) is 0 Å².